The molecule has 0 unspecified atom stereocenters. The molecule has 0 aliphatic heterocycles. The number of aryl methyl sites for hydroxylation is 1. The highest BCUT2D eigenvalue weighted by molar-refractivity contribution is 5.86. The van der Waals surface area contributed by atoms with E-state index in [1.54, 1.807) is 6.07 Å². The van der Waals surface area contributed by atoms with Crippen LogP contribution in [0.25, 0.3) is 22.9 Å². The van der Waals surface area contributed by atoms with Crippen LogP contribution in [0.4, 0.5) is 13.2 Å². The first kappa shape index (κ1) is 22.7. The van der Waals surface area contributed by atoms with Gasteiger partial charge in [0, 0.05) is 30.1 Å². The van der Waals surface area contributed by atoms with Gasteiger partial charge in [0.15, 0.2) is 11.5 Å². The van der Waals surface area contributed by atoms with Crippen LogP contribution in [0.5, 0.6) is 5.75 Å². The second-order valence-electron chi connectivity index (χ2n) is 6.99. The fourth-order valence-corrected chi connectivity index (χ4v) is 3.16. The van der Waals surface area contributed by atoms with Crippen molar-refractivity contribution in [1.29, 1.82) is 0 Å². The van der Waals surface area contributed by atoms with Crippen LogP contribution in [0.1, 0.15) is 23.0 Å². The van der Waals surface area contributed by atoms with Crippen LogP contribution in [-0.4, -0.2) is 36.9 Å². The van der Waals surface area contributed by atoms with Gasteiger partial charge in [-0.2, -0.15) is 10.2 Å². The normalized spacial score (nSPS) is 11.4. The van der Waals surface area contributed by atoms with Gasteiger partial charge in [-0.3, -0.25) is 4.79 Å². The SMILES string of the molecule is CCc1cc(-c2nn(-c3cccc(OC(F)(F)F)c3)ccc2=O)n(-c2cc(C(=O)[O-])ccn2)n1. The molecule has 0 saturated carbocycles. The summed E-state index contributed by atoms with van der Waals surface area (Å²) in [7, 11) is 0. The molecule has 0 radical (unpaired) electrons. The molecule has 0 saturated heterocycles. The average molecular weight is 470 g/mol. The number of hydrogen-bond acceptors (Lipinski definition) is 7. The van der Waals surface area contributed by atoms with Gasteiger partial charge >= 0.3 is 6.36 Å². The molecule has 4 aromatic rings. The zero-order valence-electron chi connectivity index (χ0n) is 17.5. The van der Waals surface area contributed by atoms with Gasteiger partial charge in [0.25, 0.3) is 0 Å². The lowest BCUT2D eigenvalue weighted by Crippen LogP contribution is -2.22. The van der Waals surface area contributed by atoms with Gasteiger partial charge in [-0.05, 0) is 36.8 Å². The number of halogens is 3. The molecular weight excluding hydrogens is 455 g/mol. The molecule has 174 valence electrons. The van der Waals surface area contributed by atoms with Crippen molar-refractivity contribution in [2.24, 2.45) is 0 Å². The fourth-order valence-electron chi connectivity index (χ4n) is 3.16. The van der Waals surface area contributed by atoms with Crippen LogP contribution in [0.15, 0.2) is 65.7 Å². The van der Waals surface area contributed by atoms with Gasteiger partial charge in [-0.1, -0.05) is 13.0 Å². The van der Waals surface area contributed by atoms with Crippen molar-refractivity contribution in [3.63, 3.8) is 0 Å². The van der Waals surface area contributed by atoms with E-state index in [0.717, 1.165) is 12.1 Å². The minimum Gasteiger partial charge on any atom is -0.545 e. The maximum Gasteiger partial charge on any atom is 0.573 e. The first-order valence-electron chi connectivity index (χ1n) is 9.88. The van der Waals surface area contributed by atoms with Gasteiger partial charge in [0.05, 0.1) is 17.4 Å². The maximum atomic E-state index is 12.7. The van der Waals surface area contributed by atoms with Crippen molar-refractivity contribution in [3.8, 4) is 28.6 Å². The third-order valence-electron chi connectivity index (χ3n) is 4.69. The highest BCUT2D eigenvalue weighted by Gasteiger charge is 2.31. The minimum atomic E-state index is -4.86. The molecule has 0 spiro atoms. The van der Waals surface area contributed by atoms with Crippen LogP contribution in [0.2, 0.25) is 0 Å². The van der Waals surface area contributed by atoms with E-state index >= 15 is 0 Å². The summed E-state index contributed by atoms with van der Waals surface area (Å²) in [5.74, 6) is -1.74. The molecule has 0 amide bonds. The number of aromatic nitrogens is 5. The summed E-state index contributed by atoms with van der Waals surface area (Å²) < 4.78 is 44.2. The third-order valence-corrected chi connectivity index (χ3v) is 4.69. The van der Waals surface area contributed by atoms with Crippen molar-refractivity contribution in [3.05, 3.63) is 82.4 Å². The van der Waals surface area contributed by atoms with E-state index in [9.17, 15) is 27.9 Å². The Morgan fingerprint density at radius 2 is 1.91 bits per heavy atom. The highest BCUT2D eigenvalue weighted by Crippen LogP contribution is 2.25. The molecule has 12 heteroatoms. The summed E-state index contributed by atoms with van der Waals surface area (Å²) >= 11 is 0. The van der Waals surface area contributed by atoms with Crippen LogP contribution in [0, 0.1) is 0 Å². The number of carboxylic acid groups (broad SMARTS) is 1. The number of alkyl halides is 3. The zero-order chi connectivity index (χ0) is 24.5. The number of ether oxygens (including phenoxy) is 1. The number of carbonyl (C=O) groups excluding carboxylic acids is 1. The number of nitrogens with zero attached hydrogens (tertiary/aromatic N) is 5. The first-order chi connectivity index (χ1) is 16.1. The lowest BCUT2D eigenvalue weighted by Gasteiger charge is -2.12. The maximum absolute atomic E-state index is 12.7. The summed E-state index contributed by atoms with van der Waals surface area (Å²) in [5.41, 5.74) is 0.317. The Bertz CT molecular complexity index is 1430. The summed E-state index contributed by atoms with van der Waals surface area (Å²) in [6, 6.07) is 10.4. The predicted octanol–water partition coefficient (Wildman–Crippen LogP) is 2.30. The summed E-state index contributed by atoms with van der Waals surface area (Å²) in [4.78, 5) is 28.1. The summed E-state index contributed by atoms with van der Waals surface area (Å²) in [5, 5.41) is 19.9. The zero-order valence-corrected chi connectivity index (χ0v) is 17.5. The number of carbonyl (C=O) groups is 1. The van der Waals surface area contributed by atoms with Crippen LogP contribution in [-0.2, 0) is 6.42 Å². The van der Waals surface area contributed by atoms with Gasteiger partial charge in [0.2, 0.25) is 5.43 Å². The highest BCUT2D eigenvalue weighted by atomic mass is 19.4. The molecule has 1 aromatic carbocycles. The van der Waals surface area contributed by atoms with Crippen molar-refractivity contribution < 1.29 is 27.8 Å². The smallest absolute Gasteiger partial charge is 0.545 e. The van der Waals surface area contributed by atoms with Gasteiger partial charge < -0.3 is 14.6 Å². The van der Waals surface area contributed by atoms with E-state index < -0.39 is 23.5 Å². The quantitative estimate of drug-likeness (QED) is 0.425. The number of aromatic carboxylic acids is 1. The second-order valence-corrected chi connectivity index (χ2v) is 6.99. The third kappa shape index (κ3) is 4.80. The van der Waals surface area contributed by atoms with Crippen LogP contribution < -0.4 is 15.3 Å². The Morgan fingerprint density at radius 3 is 2.62 bits per heavy atom. The van der Waals surface area contributed by atoms with Crippen molar-refractivity contribution >= 4 is 5.97 Å². The molecule has 0 aliphatic carbocycles. The monoisotopic (exact) mass is 470 g/mol. The van der Waals surface area contributed by atoms with E-state index in [-0.39, 0.29) is 28.5 Å². The van der Waals surface area contributed by atoms with E-state index in [1.807, 2.05) is 6.92 Å². The van der Waals surface area contributed by atoms with Crippen molar-refractivity contribution in [2.75, 3.05) is 0 Å². The Morgan fingerprint density at radius 1 is 1.12 bits per heavy atom. The van der Waals surface area contributed by atoms with Crippen molar-refractivity contribution in [2.45, 2.75) is 19.7 Å². The molecule has 9 nitrogen and oxygen atoms in total. The molecule has 0 atom stereocenters. The van der Waals surface area contributed by atoms with E-state index in [4.69, 9.17) is 0 Å². The van der Waals surface area contributed by atoms with Crippen LogP contribution in [0.3, 0.4) is 0 Å². The summed E-state index contributed by atoms with van der Waals surface area (Å²) in [6.07, 6.45) is -1.80. The molecule has 3 heterocycles. The molecule has 0 fully saturated rings. The van der Waals surface area contributed by atoms with Crippen molar-refractivity contribution in [1.82, 2.24) is 24.5 Å². The Balaban J connectivity index is 1.83. The topological polar surface area (TPSA) is 115 Å². The average Bonchev–Trinajstić information content (AvgIpc) is 3.23. The lowest BCUT2D eigenvalue weighted by atomic mass is 10.2. The molecule has 4 rings (SSSR count). The molecule has 0 N–H and O–H groups in total. The molecule has 0 bridgehead atoms. The number of carboxylic acids is 1. The number of rotatable bonds is 6. The molecule has 0 aliphatic rings. The molecular formula is C22H15F3N5O4-. The largest absolute Gasteiger partial charge is 0.573 e. The van der Waals surface area contributed by atoms with Gasteiger partial charge in [0.1, 0.15) is 11.4 Å². The standard InChI is InChI=1S/C22H16F3N5O4/c1-2-14-11-17(30(27-14)19-10-13(21(32)33)6-8-26-19)20-18(31)7-9-29(28-20)15-4-3-5-16(12-15)34-22(23,24)25/h3-12H,2H2,1H3,(H,32,33)/p-1. The van der Waals surface area contributed by atoms with E-state index in [0.29, 0.717) is 12.1 Å². The number of benzene rings is 1. The summed E-state index contributed by atoms with van der Waals surface area (Å²) in [6.45, 7) is 1.84. The fraction of sp³-hybridized carbons (Fsp3) is 0.136. The van der Waals surface area contributed by atoms with Crippen LogP contribution >= 0.6 is 0 Å². The molecule has 3 aromatic heterocycles. The Kier molecular flexibility index (Phi) is 5.88. The Labute approximate surface area is 189 Å². The van der Waals surface area contributed by atoms with Gasteiger partial charge in [-0.15, -0.1) is 13.2 Å². The number of pyridine rings is 1. The number of hydrogen-bond donors (Lipinski definition) is 0. The van der Waals surface area contributed by atoms with Gasteiger partial charge in [-0.25, -0.2) is 14.3 Å². The minimum absolute atomic E-state index is 0.0718. The lowest BCUT2D eigenvalue weighted by molar-refractivity contribution is -0.274. The van der Waals surface area contributed by atoms with E-state index in [2.05, 4.69) is 19.9 Å². The Hall–Kier alpha value is -4.48. The molecule has 34 heavy (non-hydrogen) atoms. The first-order valence-corrected chi connectivity index (χ1v) is 9.88. The second kappa shape index (κ2) is 8.81. The predicted molar refractivity (Wildman–Crippen MR) is 111 cm³/mol. The van der Waals surface area contributed by atoms with E-state index in [1.165, 1.54) is 52.1 Å².